The second kappa shape index (κ2) is 5.04. The summed E-state index contributed by atoms with van der Waals surface area (Å²) in [5.74, 6) is 1.93. The fraction of sp³-hybridized carbons (Fsp3) is 0.783. The van der Waals surface area contributed by atoms with E-state index in [2.05, 4.69) is 13.0 Å². The molecule has 0 aromatic carbocycles. The van der Waals surface area contributed by atoms with Gasteiger partial charge in [-0.25, -0.2) is 4.79 Å². The molecular weight excluding hydrogens is 324 g/mol. The van der Waals surface area contributed by atoms with Crippen LogP contribution in [0.4, 0.5) is 0 Å². The lowest BCUT2D eigenvalue weighted by atomic mass is 9.45. The second-order valence-electron chi connectivity index (χ2n) is 10.1. The zero-order chi connectivity index (χ0) is 17.6. The summed E-state index contributed by atoms with van der Waals surface area (Å²) in [6, 6.07) is 0. The van der Waals surface area contributed by atoms with Gasteiger partial charge in [-0.3, -0.25) is 0 Å². The van der Waals surface area contributed by atoms with Crippen molar-refractivity contribution in [3.8, 4) is 0 Å². The Morgan fingerprint density at radius 1 is 1.12 bits per heavy atom. The molecule has 140 valence electrons. The fourth-order valence-corrected chi connectivity index (χ4v) is 8.38. The van der Waals surface area contributed by atoms with Crippen molar-refractivity contribution < 1.29 is 14.3 Å². The molecular formula is C23H30O3. The number of cyclic esters (lactones) is 1. The summed E-state index contributed by atoms with van der Waals surface area (Å²) in [4.78, 5) is 11.6. The van der Waals surface area contributed by atoms with Crippen LogP contribution in [0.1, 0.15) is 64.7 Å². The van der Waals surface area contributed by atoms with E-state index in [4.69, 9.17) is 9.47 Å². The largest absolute Gasteiger partial charge is 0.458 e. The second-order valence-corrected chi connectivity index (χ2v) is 10.1. The number of carbonyl (C=O) groups is 1. The maximum Gasteiger partial charge on any atom is 0.331 e. The van der Waals surface area contributed by atoms with Crippen molar-refractivity contribution in [2.24, 2.45) is 28.6 Å². The molecule has 0 amide bonds. The average Bonchev–Trinajstić information content (AvgIpc) is 3.27. The maximum absolute atomic E-state index is 11.6. The van der Waals surface area contributed by atoms with Gasteiger partial charge >= 0.3 is 5.97 Å². The molecule has 6 atom stereocenters. The van der Waals surface area contributed by atoms with E-state index < -0.39 is 0 Å². The molecule has 0 aromatic rings. The molecule has 2 aliphatic heterocycles. The first-order valence-electron chi connectivity index (χ1n) is 10.8. The summed E-state index contributed by atoms with van der Waals surface area (Å²) in [6.07, 6.45) is 16.1. The molecule has 26 heavy (non-hydrogen) atoms. The zero-order valence-corrected chi connectivity index (χ0v) is 15.9. The highest BCUT2D eigenvalue weighted by Crippen LogP contribution is 2.72. The van der Waals surface area contributed by atoms with Gasteiger partial charge in [-0.1, -0.05) is 25.8 Å². The van der Waals surface area contributed by atoms with Gasteiger partial charge in [0.1, 0.15) is 6.61 Å². The summed E-state index contributed by atoms with van der Waals surface area (Å²) in [7, 11) is 0. The van der Waals surface area contributed by atoms with Crippen LogP contribution in [0.25, 0.3) is 0 Å². The van der Waals surface area contributed by atoms with Crippen LogP contribution in [0.5, 0.6) is 0 Å². The minimum absolute atomic E-state index is 0.0135. The molecule has 6 rings (SSSR count). The van der Waals surface area contributed by atoms with E-state index >= 15 is 0 Å². The first-order valence-corrected chi connectivity index (χ1v) is 10.8. The molecule has 4 aliphatic carbocycles. The number of carbonyl (C=O) groups excluding carboxylic acids is 1. The molecule has 2 heterocycles. The minimum atomic E-state index is -0.150. The third-order valence-corrected chi connectivity index (χ3v) is 9.46. The molecule has 0 N–H and O–H groups in total. The SMILES string of the molecule is C[C@]12CC[C@@H]3[C@@]45CCCC[C@@H]4CC[C@@]3(OC5)C1=CC[C@@H]2C1=CC(=O)OC1. The highest BCUT2D eigenvalue weighted by molar-refractivity contribution is 5.85. The van der Waals surface area contributed by atoms with Gasteiger partial charge in [-0.05, 0) is 79.3 Å². The predicted octanol–water partition coefficient (Wildman–Crippen LogP) is 4.57. The van der Waals surface area contributed by atoms with Gasteiger partial charge in [0, 0.05) is 11.5 Å². The van der Waals surface area contributed by atoms with Crippen molar-refractivity contribution in [1.29, 1.82) is 0 Å². The van der Waals surface area contributed by atoms with E-state index in [1.807, 2.05) is 0 Å². The number of allylic oxidation sites excluding steroid dienone is 1. The van der Waals surface area contributed by atoms with Gasteiger partial charge < -0.3 is 9.47 Å². The van der Waals surface area contributed by atoms with Crippen LogP contribution < -0.4 is 0 Å². The fourth-order valence-electron chi connectivity index (χ4n) is 8.38. The van der Waals surface area contributed by atoms with Crippen molar-refractivity contribution in [3.05, 3.63) is 23.3 Å². The van der Waals surface area contributed by atoms with Gasteiger partial charge in [0.05, 0.1) is 12.2 Å². The average molecular weight is 354 g/mol. The molecule has 3 nitrogen and oxygen atoms in total. The number of ether oxygens (including phenoxy) is 2. The van der Waals surface area contributed by atoms with E-state index in [9.17, 15) is 4.79 Å². The Hall–Kier alpha value is -1.09. The number of fused-ring (bicyclic) bond motifs is 1. The van der Waals surface area contributed by atoms with Gasteiger partial charge in [0.15, 0.2) is 0 Å². The first kappa shape index (κ1) is 15.9. The molecule has 0 radical (unpaired) electrons. The van der Waals surface area contributed by atoms with Crippen molar-refractivity contribution >= 4 is 5.97 Å². The summed E-state index contributed by atoms with van der Waals surface area (Å²) in [6.45, 7) is 3.96. The van der Waals surface area contributed by atoms with Crippen molar-refractivity contribution in [1.82, 2.24) is 0 Å². The van der Waals surface area contributed by atoms with Crippen LogP contribution in [0.3, 0.4) is 0 Å². The third-order valence-electron chi connectivity index (χ3n) is 9.46. The topological polar surface area (TPSA) is 35.5 Å². The van der Waals surface area contributed by atoms with E-state index in [-0.39, 0.29) is 17.0 Å². The minimum Gasteiger partial charge on any atom is -0.458 e. The number of rotatable bonds is 1. The van der Waals surface area contributed by atoms with Gasteiger partial charge in [-0.15, -0.1) is 0 Å². The first-order chi connectivity index (χ1) is 12.6. The predicted molar refractivity (Wildman–Crippen MR) is 98.4 cm³/mol. The van der Waals surface area contributed by atoms with Crippen molar-refractivity contribution in [2.45, 2.75) is 70.3 Å². The lowest BCUT2D eigenvalue weighted by molar-refractivity contribution is -0.135. The Morgan fingerprint density at radius 3 is 2.88 bits per heavy atom. The zero-order valence-electron chi connectivity index (χ0n) is 15.9. The monoisotopic (exact) mass is 354 g/mol. The van der Waals surface area contributed by atoms with Crippen LogP contribution in [-0.4, -0.2) is 24.8 Å². The Morgan fingerprint density at radius 2 is 2.04 bits per heavy atom. The molecule has 1 saturated heterocycles. The lowest BCUT2D eigenvalue weighted by Gasteiger charge is -2.58. The molecule has 2 bridgehead atoms. The van der Waals surface area contributed by atoms with Crippen molar-refractivity contribution in [3.63, 3.8) is 0 Å². The standard InChI is InChI=1S/C23H30O3/c1-21-10-8-19-22-9-3-2-4-16(22)7-11-23(19,26-14-22)18(21)6-5-17(21)15-12-20(24)25-13-15/h6,12,16-17,19H,2-5,7-11,13-14H2,1H3/t16-,17-,19-,21-,22-,23-/m1/s1. The molecule has 4 fully saturated rings. The van der Waals surface area contributed by atoms with Gasteiger partial charge in [0.2, 0.25) is 0 Å². The quantitative estimate of drug-likeness (QED) is 0.511. The summed E-state index contributed by atoms with van der Waals surface area (Å²) in [5.41, 5.74) is 3.47. The maximum atomic E-state index is 11.6. The highest BCUT2D eigenvalue weighted by Gasteiger charge is 2.70. The smallest absolute Gasteiger partial charge is 0.331 e. The van der Waals surface area contributed by atoms with Crippen LogP contribution in [-0.2, 0) is 14.3 Å². The highest BCUT2D eigenvalue weighted by atomic mass is 16.5. The summed E-state index contributed by atoms with van der Waals surface area (Å²) >= 11 is 0. The molecule has 1 spiro atoms. The van der Waals surface area contributed by atoms with E-state index in [0.29, 0.717) is 17.9 Å². The van der Waals surface area contributed by atoms with Crippen molar-refractivity contribution in [2.75, 3.05) is 13.2 Å². The third kappa shape index (κ3) is 1.72. The number of hydrogen-bond donors (Lipinski definition) is 0. The van der Waals surface area contributed by atoms with Crippen LogP contribution >= 0.6 is 0 Å². The van der Waals surface area contributed by atoms with Gasteiger partial charge in [0.25, 0.3) is 0 Å². The Bertz CT molecular complexity index is 732. The van der Waals surface area contributed by atoms with E-state index in [1.165, 1.54) is 56.9 Å². The van der Waals surface area contributed by atoms with Gasteiger partial charge in [-0.2, -0.15) is 0 Å². The Kier molecular flexibility index (Phi) is 3.08. The Balaban J connectivity index is 1.39. The summed E-state index contributed by atoms with van der Waals surface area (Å²) < 4.78 is 12.1. The molecule has 3 saturated carbocycles. The molecule has 0 unspecified atom stereocenters. The Labute approximate surface area is 156 Å². The number of hydrogen-bond acceptors (Lipinski definition) is 3. The van der Waals surface area contributed by atoms with Crippen LogP contribution in [0.15, 0.2) is 23.3 Å². The van der Waals surface area contributed by atoms with E-state index in [1.54, 1.807) is 11.6 Å². The molecule has 0 aromatic heterocycles. The molecule has 6 aliphatic rings. The molecule has 3 heteroatoms. The van der Waals surface area contributed by atoms with E-state index in [0.717, 1.165) is 24.9 Å². The lowest BCUT2D eigenvalue weighted by Crippen LogP contribution is -2.56. The van der Waals surface area contributed by atoms with Crippen LogP contribution in [0.2, 0.25) is 0 Å². The van der Waals surface area contributed by atoms with Crippen LogP contribution in [0, 0.1) is 28.6 Å². The number of esters is 1. The summed E-state index contributed by atoms with van der Waals surface area (Å²) in [5, 5.41) is 0. The normalized spacial score (nSPS) is 51.9.